The predicted molar refractivity (Wildman–Crippen MR) is 105 cm³/mol. The Hall–Kier alpha value is -2.00. The summed E-state index contributed by atoms with van der Waals surface area (Å²) in [5.41, 5.74) is 3.35. The maximum Gasteiger partial charge on any atom is 0.119 e. The molecule has 0 amide bonds. The van der Waals surface area contributed by atoms with Gasteiger partial charge in [0.1, 0.15) is 11.6 Å². The highest BCUT2D eigenvalue weighted by Gasteiger charge is 2.12. The van der Waals surface area contributed by atoms with Crippen molar-refractivity contribution in [2.75, 3.05) is 6.61 Å². The third-order valence-corrected chi connectivity index (χ3v) is 4.80. The lowest BCUT2D eigenvalue weighted by Crippen LogP contribution is -2.07. The van der Waals surface area contributed by atoms with Crippen molar-refractivity contribution in [1.29, 1.82) is 0 Å². The average molecular weight is 357 g/mol. The van der Waals surface area contributed by atoms with E-state index in [1.165, 1.54) is 5.52 Å². The summed E-state index contributed by atoms with van der Waals surface area (Å²) in [5.74, 6) is 2.47. The predicted octanol–water partition coefficient (Wildman–Crippen LogP) is 5.98. The summed E-state index contributed by atoms with van der Waals surface area (Å²) in [6.45, 7) is 8.07. The first kappa shape index (κ1) is 17.8. The molecule has 0 saturated heterocycles. The first-order valence-corrected chi connectivity index (χ1v) is 9.28. The first-order valence-electron chi connectivity index (χ1n) is 8.90. The topological polar surface area (TPSA) is 27.1 Å². The van der Waals surface area contributed by atoms with Gasteiger partial charge in [0, 0.05) is 17.5 Å². The Bertz CT molecular complexity index is 854. The number of aromatic nitrogens is 2. The Morgan fingerprint density at radius 3 is 2.68 bits per heavy atom. The van der Waals surface area contributed by atoms with E-state index in [1.807, 2.05) is 31.2 Å². The minimum Gasteiger partial charge on any atom is -0.494 e. The number of halogens is 1. The lowest BCUT2D eigenvalue weighted by Gasteiger charge is -2.12. The molecular formula is C21H25ClN2O. The van der Waals surface area contributed by atoms with Crippen LogP contribution in [0.25, 0.3) is 11.0 Å². The van der Waals surface area contributed by atoms with Crippen LogP contribution in [0, 0.1) is 6.92 Å². The lowest BCUT2D eigenvalue weighted by atomic mass is 10.2. The summed E-state index contributed by atoms with van der Waals surface area (Å²) in [5, 5.41) is 0.778. The van der Waals surface area contributed by atoms with Gasteiger partial charge in [-0.3, -0.25) is 0 Å². The molecule has 0 spiro atoms. The first-order chi connectivity index (χ1) is 12.1. The molecule has 1 heterocycles. The number of unbranched alkanes of at least 4 members (excludes halogenated alkanes) is 1. The molecule has 132 valence electrons. The van der Waals surface area contributed by atoms with Gasteiger partial charge in [-0.25, -0.2) is 4.98 Å². The van der Waals surface area contributed by atoms with Gasteiger partial charge in [-0.2, -0.15) is 0 Å². The Labute approximate surface area is 154 Å². The van der Waals surface area contributed by atoms with Crippen LogP contribution in [0.3, 0.4) is 0 Å². The molecule has 0 saturated carbocycles. The van der Waals surface area contributed by atoms with Crippen LogP contribution in [-0.4, -0.2) is 16.2 Å². The molecule has 0 N–H and O–H groups in total. The van der Waals surface area contributed by atoms with E-state index in [-0.39, 0.29) is 0 Å². The molecule has 0 bridgehead atoms. The van der Waals surface area contributed by atoms with E-state index in [0.717, 1.165) is 47.1 Å². The van der Waals surface area contributed by atoms with E-state index in [2.05, 4.69) is 36.6 Å². The van der Waals surface area contributed by atoms with Gasteiger partial charge >= 0.3 is 0 Å². The fourth-order valence-electron chi connectivity index (χ4n) is 3.04. The number of hydrogen-bond acceptors (Lipinski definition) is 2. The summed E-state index contributed by atoms with van der Waals surface area (Å²) in [7, 11) is 0. The molecule has 0 radical (unpaired) electrons. The second kappa shape index (κ2) is 7.92. The second-order valence-electron chi connectivity index (χ2n) is 6.73. The quantitative estimate of drug-likeness (QED) is 0.487. The molecule has 3 nitrogen and oxygen atoms in total. The highest BCUT2D eigenvalue weighted by Crippen LogP contribution is 2.23. The number of para-hydroxylation sites is 2. The van der Waals surface area contributed by atoms with Crippen LogP contribution in [0.4, 0.5) is 0 Å². The molecule has 1 aromatic heterocycles. The summed E-state index contributed by atoms with van der Waals surface area (Å²) >= 11 is 6.05. The largest absolute Gasteiger partial charge is 0.494 e. The molecule has 3 aromatic rings. The van der Waals surface area contributed by atoms with E-state index in [0.29, 0.717) is 12.5 Å². The summed E-state index contributed by atoms with van der Waals surface area (Å²) in [6, 6.07) is 14.2. The van der Waals surface area contributed by atoms with E-state index in [4.69, 9.17) is 21.3 Å². The molecule has 0 fully saturated rings. The van der Waals surface area contributed by atoms with E-state index >= 15 is 0 Å². The van der Waals surface area contributed by atoms with Gasteiger partial charge < -0.3 is 9.30 Å². The molecule has 0 atom stereocenters. The van der Waals surface area contributed by atoms with Crippen molar-refractivity contribution in [3.63, 3.8) is 0 Å². The van der Waals surface area contributed by atoms with Gasteiger partial charge in [0.05, 0.1) is 17.6 Å². The minimum absolute atomic E-state index is 0.417. The van der Waals surface area contributed by atoms with Crippen LogP contribution in [-0.2, 0) is 6.54 Å². The van der Waals surface area contributed by atoms with E-state index in [9.17, 15) is 0 Å². The van der Waals surface area contributed by atoms with Gasteiger partial charge in [0.25, 0.3) is 0 Å². The second-order valence-corrected chi connectivity index (χ2v) is 7.14. The number of rotatable bonds is 7. The summed E-state index contributed by atoms with van der Waals surface area (Å²) in [6.07, 6.45) is 2.07. The number of hydrogen-bond donors (Lipinski definition) is 0. The van der Waals surface area contributed by atoms with E-state index < -0.39 is 0 Å². The fraction of sp³-hybridized carbons (Fsp3) is 0.381. The number of imidazole rings is 1. The summed E-state index contributed by atoms with van der Waals surface area (Å²) in [4.78, 5) is 4.80. The van der Waals surface area contributed by atoms with Crippen molar-refractivity contribution in [2.24, 2.45) is 0 Å². The molecule has 0 aliphatic heterocycles. The Balaban J connectivity index is 1.58. The van der Waals surface area contributed by atoms with Crippen LogP contribution in [0.2, 0.25) is 5.02 Å². The third kappa shape index (κ3) is 4.16. The van der Waals surface area contributed by atoms with Crippen molar-refractivity contribution >= 4 is 22.6 Å². The van der Waals surface area contributed by atoms with Crippen molar-refractivity contribution in [3.8, 4) is 5.75 Å². The van der Waals surface area contributed by atoms with Crippen molar-refractivity contribution < 1.29 is 4.74 Å². The Morgan fingerprint density at radius 2 is 1.92 bits per heavy atom. The van der Waals surface area contributed by atoms with Gasteiger partial charge in [0.15, 0.2) is 0 Å². The zero-order valence-electron chi connectivity index (χ0n) is 15.1. The highest BCUT2D eigenvalue weighted by molar-refractivity contribution is 6.31. The molecule has 2 aromatic carbocycles. The normalized spacial score (nSPS) is 11.4. The molecule has 25 heavy (non-hydrogen) atoms. The third-order valence-electron chi connectivity index (χ3n) is 4.37. The Morgan fingerprint density at radius 1 is 1.12 bits per heavy atom. The zero-order chi connectivity index (χ0) is 17.8. The van der Waals surface area contributed by atoms with Crippen LogP contribution < -0.4 is 4.74 Å². The van der Waals surface area contributed by atoms with Gasteiger partial charge in [-0.1, -0.05) is 37.6 Å². The van der Waals surface area contributed by atoms with Crippen molar-refractivity contribution in [3.05, 3.63) is 58.9 Å². The molecule has 0 unspecified atom stereocenters. The van der Waals surface area contributed by atoms with Crippen LogP contribution >= 0.6 is 11.6 Å². The van der Waals surface area contributed by atoms with Crippen LogP contribution in [0.1, 0.15) is 44.0 Å². The standard InChI is InChI=1S/C21H25ClN2O/c1-15(2)21-23-19-8-4-5-9-20(19)24(21)12-6-7-13-25-17-10-11-18(22)16(3)14-17/h4-5,8-11,14-15H,6-7,12-13H2,1-3H3. The van der Waals surface area contributed by atoms with Gasteiger partial charge in [-0.15, -0.1) is 0 Å². The average Bonchev–Trinajstić information content (AvgIpc) is 2.97. The number of nitrogens with zero attached hydrogens (tertiary/aromatic N) is 2. The smallest absolute Gasteiger partial charge is 0.119 e. The summed E-state index contributed by atoms with van der Waals surface area (Å²) < 4.78 is 8.20. The lowest BCUT2D eigenvalue weighted by molar-refractivity contribution is 0.303. The van der Waals surface area contributed by atoms with Gasteiger partial charge in [-0.05, 0) is 55.7 Å². The molecule has 3 rings (SSSR count). The zero-order valence-corrected chi connectivity index (χ0v) is 15.9. The van der Waals surface area contributed by atoms with Crippen LogP contribution in [0.5, 0.6) is 5.75 Å². The molecule has 4 heteroatoms. The number of ether oxygens (including phenoxy) is 1. The van der Waals surface area contributed by atoms with Crippen molar-refractivity contribution in [2.45, 2.75) is 46.1 Å². The fourth-order valence-corrected chi connectivity index (χ4v) is 3.16. The maximum atomic E-state index is 6.05. The minimum atomic E-state index is 0.417. The highest BCUT2D eigenvalue weighted by atomic mass is 35.5. The molecule has 0 aliphatic rings. The van der Waals surface area contributed by atoms with Gasteiger partial charge in [0.2, 0.25) is 0 Å². The maximum absolute atomic E-state index is 6.05. The Kier molecular flexibility index (Phi) is 5.64. The van der Waals surface area contributed by atoms with E-state index in [1.54, 1.807) is 0 Å². The SMILES string of the molecule is Cc1cc(OCCCCn2c(C(C)C)nc3ccccc32)ccc1Cl. The monoisotopic (exact) mass is 356 g/mol. The van der Waals surface area contributed by atoms with Crippen molar-refractivity contribution in [1.82, 2.24) is 9.55 Å². The number of benzene rings is 2. The molecule has 0 aliphatic carbocycles. The number of aryl methyl sites for hydroxylation is 2. The number of fused-ring (bicyclic) bond motifs is 1. The molecular weight excluding hydrogens is 332 g/mol. The van der Waals surface area contributed by atoms with Crippen LogP contribution in [0.15, 0.2) is 42.5 Å².